The number of Topliss-reactive ketones (excluding diaryl/α,β-unsaturated/α-hetero) is 1. The molecule has 0 aliphatic heterocycles. The molecule has 0 aromatic heterocycles. The molecule has 3 nitrogen and oxygen atoms in total. The van der Waals surface area contributed by atoms with E-state index in [9.17, 15) is 4.79 Å². The fraction of sp³-hybridized carbons (Fsp3) is 0.364. The zero-order valence-electron chi connectivity index (χ0n) is 8.84. The second kappa shape index (κ2) is 5.16. The third-order valence-electron chi connectivity index (χ3n) is 1.91. The number of hydrogen-bond acceptors (Lipinski definition) is 3. The van der Waals surface area contributed by atoms with E-state index in [2.05, 4.69) is 15.9 Å². The van der Waals surface area contributed by atoms with Crippen LogP contribution in [-0.2, 0) is 0 Å². The largest absolute Gasteiger partial charge is 0.491 e. The Morgan fingerprint density at radius 1 is 1.53 bits per heavy atom. The zero-order chi connectivity index (χ0) is 11.4. The summed E-state index contributed by atoms with van der Waals surface area (Å²) < 4.78 is 6.25. The molecule has 82 valence electrons. The van der Waals surface area contributed by atoms with Crippen LogP contribution in [-0.4, -0.2) is 12.4 Å². The summed E-state index contributed by atoms with van der Waals surface area (Å²) in [6, 6.07) is 3.46. The molecule has 0 fully saturated rings. The van der Waals surface area contributed by atoms with Crippen molar-refractivity contribution in [3.8, 4) is 5.75 Å². The van der Waals surface area contributed by atoms with E-state index in [1.54, 1.807) is 12.1 Å². The molecular formula is C11H14BrNO2. The molecule has 1 aromatic rings. The first-order valence-electron chi connectivity index (χ1n) is 4.79. The highest BCUT2D eigenvalue weighted by Gasteiger charge is 2.13. The molecule has 1 rings (SSSR count). The maximum Gasteiger partial charge on any atom is 0.163 e. The third kappa shape index (κ3) is 2.96. The number of anilines is 1. The molecule has 0 bridgehead atoms. The summed E-state index contributed by atoms with van der Waals surface area (Å²) >= 11 is 3.30. The number of carbonyl (C=O) groups excluding carboxylic acids is 1. The summed E-state index contributed by atoms with van der Waals surface area (Å²) in [4.78, 5) is 11.4. The minimum Gasteiger partial charge on any atom is -0.491 e. The Morgan fingerprint density at radius 2 is 2.20 bits per heavy atom. The van der Waals surface area contributed by atoms with Crippen molar-refractivity contribution in [2.75, 3.05) is 12.3 Å². The molecule has 0 unspecified atom stereocenters. The van der Waals surface area contributed by atoms with Crippen molar-refractivity contribution < 1.29 is 9.53 Å². The van der Waals surface area contributed by atoms with Gasteiger partial charge < -0.3 is 10.5 Å². The Labute approximate surface area is 97.7 Å². The van der Waals surface area contributed by atoms with Gasteiger partial charge in [-0.3, -0.25) is 4.79 Å². The molecule has 0 saturated carbocycles. The Bertz CT molecular complexity index is 377. The lowest BCUT2D eigenvalue weighted by molar-refractivity contribution is 0.101. The maximum absolute atomic E-state index is 11.4. The molecule has 2 N–H and O–H groups in total. The third-order valence-corrected chi connectivity index (χ3v) is 2.37. The van der Waals surface area contributed by atoms with Crippen molar-refractivity contribution in [2.45, 2.75) is 20.3 Å². The first-order valence-corrected chi connectivity index (χ1v) is 5.58. The number of nitrogens with two attached hydrogens (primary N) is 1. The molecule has 0 atom stereocenters. The van der Waals surface area contributed by atoms with E-state index in [0.29, 0.717) is 23.6 Å². The minimum absolute atomic E-state index is 0.0471. The molecule has 1 aromatic carbocycles. The number of hydrogen-bond donors (Lipinski definition) is 1. The molecule has 0 amide bonds. The summed E-state index contributed by atoms with van der Waals surface area (Å²) in [5.41, 5.74) is 6.81. The van der Waals surface area contributed by atoms with Gasteiger partial charge in [0.25, 0.3) is 0 Å². The van der Waals surface area contributed by atoms with Gasteiger partial charge in [0, 0.05) is 4.47 Å². The predicted octanol–water partition coefficient (Wildman–Crippen LogP) is 3.02. The second-order valence-corrected chi connectivity index (χ2v) is 4.19. The molecule has 0 radical (unpaired) electrons. The average Bonchev–Trinajstić information content (AvgIpc) is 2.15. The van der Waals surface area contributed by atoms with Crippen LogP contribution >= 0.6 is 15.9 Å². The van der Waals surface area contributed by atoms with Gasteiger partial charge in [0.2, 0.25) is 0 Å². The van der Waals surface area contributed by atoms with Gasteiger partial charge in [-0.2, -0.15) is 0 Å². The number of carbonyl (C=O) groups is 1. The molecule has 15 heavy (non-hydrogen) atoms. The lowest BCUT2D eigenvalue weighted by Crippen LogP contribution is -2.05. The Morgan fingerprint density at radius 3 is 2.73 bits per heavy atom. The smallest absolute Gasteiger partial charge is 0.163 e. The Kier molecular flexibility index (Phi) is 4.15. The van der Waals surface area contributed by atoms with Crippen molar-refractivity contribution in [1.29, 1.82) is 0 Å². The van der Waals surface area contributed by atoms with Crippen LogP contribution < -0.4 is 10.5 Å². The average molecular weight is 272 g/mol. The van der Waals surface area contributed by atoms with Gasteiger partial charge in [-0.15, -0.1) is 0 Å². The highest BCUT2D eigenvalue weighted by Crippen LogP contribution is 2.31. The Balaban J connectivity index is 3.15. The minimum atomic E-state index is -0.0471. The topological polar surface area (TPSA) is 52.3 Å². The molecule has 0 spiro atoms. The van der Waals surface area contributed by atoms with Gasteiger partial charge in [-0.1, -0.05) is 22.9 Å². The standard InChI is InChI=1S/C11H14BrNO2/c1-3-4-15-11-9(7(2)14)5-8(12)6-10(11)13/h5-6H,3-4,13H2,1-2H3. The van der Waals surface area contributed by atoms with Crippen molar-refractivity contribution >= 4 is 27.4 Å². The van der Waals surface area contributed by atoms with Crippen molar-refractivity contribution in [3.63, 3.8) is 0 Å². The lowest BCUT2D eigenvalue weighted by Gasteiger charge is -2.12. The van der Waals surface area contributed by atoms with Crippen LogP contribution in [0.5, 0.6) is 5.75 Å². The number of nitrogen functional groups attached to an aromatic ring is 1. The van der Waals surface area contributed by atoms with Gasteiger partial charge in [0.05, 0.1) is 17.9 Å². The molecule has 0 aliphatic rings. The van der Waals surface area contributed by atoms with E-state index >= 15 is 0 Å². The van der Waals surface area contributed by atoms with Crippen molar-refractivity contribution in [3.05, 3.63) is 22.2 Å². The SMILES string of the molecule is CCCOc1c(N)cc(Br)cc1C(C)=O. The number of ketones is 1. The fourth-order valence-electron chi connectivity index (χ4n) is 1.24. The zero-order valence-corrected chi connectivity index (χ0v) is 10.4. The van der Waals surface area contributed by atoms with Crippen LogP contribution in [0, 0.1) is 0 Å². The molecule has 4 heteroatoms. The lowest BCUT2D eigenvalue weighted by atomic mass is 10.1. The summed E-state index contributed by atoms with van der Waals surface area (Å²) in [5.74, 6) is 0.446. The maximum atomic E-state index is 11.4. The van der Waals surface area contributed by atoms with Crippen molar-refractivity contribution in [2.24, 2.45) is 0 Å². The molecule has 0 saturated heterocycles. The van der Waals surface area contributed by atoms with E-state index in [1.807, 2.05) is 6.92 Å². The molecule has 0 heterocycles. The number of benzene rings is 1. The highest BCUT2D eigenvalue weighted by atomic mass is 79.9. The van der Waals surface area contributed by atoms with Gasteiger partial charge in [0.1, 0.15) is 0 Å². The summed E-state index contributed by atoms with van der Waals surface area (Å²) in [6.07, 6.45) is 0.882. The first-order chi connectivity index (χ1) is 7.06. The fourth-order valence-corrected chi connectivity index (χ4v) is 1.72. The van der Waals surface area contributed by atoms with Gasteiger partial charge in [0.15, 0.2) is 11.5 Å². The number of ether oxygens (including phenoxy) is 1. The number of halogens is 1. The quantitative estimate of drug-likeness (QED) is 0.677. The van der Waals surface area contributed by atoms with Gasteiger partial charge in [-0.25, -0.2) is 0 Å². The van der Waals surface area contributed by atoms with Crippen LogP contribution in [0.25, 0.3) is 0 Å². The van der Waals surface area contributed by atoms with E-state index in [-0.39, 0.29) is 5.78 Å². The van der Waals surface area contributed by atoms with Crippen LogP contribution in [0.15, 0.2) is 16.6 Å². The summed E-state index contributed by atoms with van der Waals surface area (Å²) in [7, 11) is 0. The van der Waals surface area contributed by atoms with E-state index in [4.69, 9.17) is 10.5 Å². The predicted molar refractivity (Wildman–Crippen MR) is 64.3 cm³/mol. The van der Waals surface area contributed by atoms with E-state index in [0.717, 1.165) is 10.9 Å². The van der Waals surface area contributed by atoms with Crippen LogP contribution in [0.3, 0.4) is 0 Å². The second-order valence-electron chi connectivity index (χ2n) is 3.28. The normalized spacial score (nSPS) is 10.1. The Hall–Kier alpha value is -1.03. The van der Waals surface area contributed by atoms with Crippen LogP contribution in [0.4, 0.5) is 5.69 Å². The highest BCUT2D eigenvalue weighted by molar-refractivity contribution is 9.10. The van der Waals surface area contributed by atoms with E-state index in [1.165, 1.54) is 6.92 Å². The van der Waals surface area contributed by atoms with Crippen LogP contribution in [0.2, 0.25) is 0 Å². The first kappa shape index (κ1) is 12.0. The monoisotopic (exact) mass is 271 g/mol. The molecule has 0 aliphatic carbocycles. The van der Waals surface area contributed by atoms with Crippen LogP contribution in [0.1, 0.15) is 30.6 Å². The van der Waals surface area contributed by atoms with Crippen molar-refractivity contribution in [1.82, 2.24) is 0 Å². The number of rotatable bonds is 4. The van der Waals surface area contributed by atoms with Gasteiger partial charge in [-0.05, 0) is 25.5 Å². The molecular weight excluding hydrogens is 258 g/mol. The summed E-state index contributed by atoms with van der Waals surface area (Å²) in [6.45, 7) is 4.06. The van der Waals surface area contributed by atoms with Gasteiger partial charge >= 0.3 is 0 Å². The van der Waals surface area contributed by atoms with E-state index < -0.39 is 0 Å². The summed E-state index contributed by atoms with van der Waals surface area (Å²) in [5, 5.41) is 0.